The first kappa shape index (κ1) is 12.9. The fourth-order valence-corrected chi connectivity index (χ4v) is 1.96. The van der Waals surface area contributed by atoms with Gasteiger partial charge in [-0.15, -0.1) is 0 Å². The van der Waals surface area contributed by atoms with Crippen molar-refractivity contribution in [3.05, 3.63) is 22.2 Å². The number of hydrogen-bond donors (Lipinski definition) is 3. The molecule has 0 bridgehead atoms. The molecule has 2 heterocycles. The van der Waals surface area contributed by atoms with Crippen molar-refractivity contribution < 1.29 is 14.8 Å². The first-order chi connectivity index (χ1) is 8.97. The molecule has 0 spiro atoms. The Morgan fingerprint density at radius 1 is 1.63 bits per heavy atom. The fourth-order valence-electron chi connectivity index (χ4n) is 1.96. The minimum atomic E-state index is -0.958. The van der Waals surface area contributed by atoms with Gasteiger partial charge in [-0.05, 0) is 12.5 Å². The molecule has 19 heavy (non-hydrogen) atoms. The van der Waals surface area contributed by atoms with E-state index in [0.29, 0.717) is 25.3 Å². The van der Waals surface area contributed by atoms with Crippen LogP contribution >= 0.6 is 0 Å². The minimum absolute atomic E-state index is 0.0653. The van der Waals surface area contributed by atoms with Crippen LogP contribution in [0.25, 0.3) is 0 Å². The molecule has 1 aromatic rings. The highest BCUT2D eigenvalue weighted by atomic mass is 16.6. The zero-order valence-corrected chi connectivity index (χ0v) is 9.94. The van der Waals surface area contributed by atoms with Gasteiger partial charge in [-0.25, -0.2) is 9.78 Å². The molecule has 4 N–H and O–H groups in total. The maximum Gasteiger partial charge on any atom is 0.407 e. The number of hydrogen-bond acceptors (Lipinski definition) is 6. The van der Waals surface area contributed by atoms with Crippen molar-refractivity contribution in [2.45, 2.75) is 12.5 Å². The second-order valence-corrected chi connectivity index (χ2v) is 4.22. The van der Waals surface area contributed by atoms with E-state index in [4.69, 9.17) is 10.8 Å². The summed E-state index contributed by atoms with van der Waals surface area (Å²) in [5, 5.41) is 22.4. The Bertz CT molecular complexity index is 521. The van der Waals surface area contributed by atoms with Gasteiger partial charge in [0.2, 0.25) is 5.82 Å². The van der Waals surface area contributed by atoms with Crippen LogP contribution in [0.4, 0.5) is 22.1 Å². The average molecular weight is 267 g/mol. The molecule has 1 aliphatic rings. The van der Waals surface area contributed by atoms with Crippen molar-refractivity contribution >= 4 is 23.4 Å². The molecule has 1 amide bonds. The topological polar surface area (TPSA) is 135 Å². The second kappa shape index (κ2) is 4.96. The predicted molar refractivity (Wildman–Crippen MR) is 66.9 cm³/mol. The first-order valence-electron chi connectivity index (χ1n) is 5.62. The molecule has 1 saturated heterocycles. The van der Waals surface area contributed by atoms with E-state index in [9.17, 15) is 14.9 Å². The molecule has 0 aliphatic carbocycles. The molecule has 1 aromatic heterocycles. The first-order valence-corrected chi connectivity index (χ1v) is 5.62. The smallest absolute Gasteiger partial charge is 0.407 e. The molecule has 0 aromatic carbocycles. The third-order valence-electron chi connectivity index (χ3n) is 2.91. The molecular formula is C10H13N5O4. The summed E-state index contributed by atoms with van der Waals surface area (Å²) in [7, 11) is 0. The lowest BCUT2D eigenvalue weighted by atomic mass is 10.2. The molecule has 102 valence electrons. The number of aromatic nitrogens is 1. The van der Waals surface area contributed by atoms with Gasteiger partial charge in [0.1, 0.15) is 5.82 Å². The van der Waals surface area contributed by atoms with Crippen LogP contribution in [-0.4, -0.2) is 45.1 Å². The van der Waals surface area contributed by atoms with E-state index in [0.717, 1.165) is 0 Å². The summed E-state index contributed by atoms with van der Waals surface area (Å²) in [5.74, 6) is 0.239. The SMILES string of the molecule is Nc1nc(N[C@H]2CCN(C(=O)O)C2)ccc1[N+](=O)[O-]. The number of carboxylic acid groups (broad SMARTS) is 1. The van der Waals surface area contributed by atoms with Crippen LogP contribution in [0.1, 0.15) is 6.42 Å². The van der Waals surface area contributed by atoms with Gasteiger partial charge in [0.05, 0.1) is 4.92 Å². The Kier molecular flexibility index (Phi) is 3.36. The van der Waals surface area contributed by atoms with Crippen LogP contribution in [0.15, 0.2) is 12.1 Å². The second-order valence-electron chi connectivity index (χ2n) is 4.22. The van der Waals surface area contributed by atoms with Crippen molar-refractivity contribution in [3.63, 3.8) is 0 Å². The van der Waals surface area contributed by atoms with Crippen LogP contribution in [0.5, 0.6) is 0 Å². The molecule has 1 atom stereocenters. The van der Waals surface area contributed by atoms with Crippen LogP contribution in [0.3, 0.4) is 0 Å². The number of nitrogen functional groups attached to an aromatic ring is 1. The maximum absolute atomic E-state index is 10.8. The number of nitro groups is 1. The number of nitrogens with two attached hydrogens (primary N) is 1. The number of pyridine rings is 1. The summed E-state index contributed by atoms with van der Waals surface area (Å²) in [4.78, 5) is 25.9. The number of rotatable bonds is 3. The minimum Gasteiger partial charge on any atom is -0.465 e. The van der Waals surface area contributed by atoms with Gasteiger partial charge in [-0.2, -0.15) is 0 Å². The van der Waals surface area contributed by atoms with E-state index in [-0.39, 0.29) is 17.5 Å². The molecule has 2 rings (SSSR count). The number of likely N-dealkylation sites (tertiary alicyclic amines) is 1. The van der Waals surface area contributed by atoms with Gasteiger partial charge in [0.25, 0.3) is 0 Å². The van der Waals surface area contributed by atoms with Gasteiger partial charge in [-0.1, -0.05) is 0 Å². The molecule has 0 unspecified atom stereocenters. The van der Waals surface area contributed by atoms with Gasteiger partial charge in [-0.3, -0.25) is 10.1 Å². The van der Waals surface area contributed by atoms with E-state index in [1.807, 2.05) is 0 Å². The van der Waals surface area contributed by atoms with Crippen molar-refractivity contribution in [2.75, 3.05) is 24.1 Å². The Morgan fingerprint density at radius 3 is 2.89 bits per heavy atom. The van der Waals surface area contributed by atoms with Gasteiger partial charge in [0.15, 0.2) is 0 Å². The number of anilines is 2. The van der Waals surface area contributed by atoms with Crippen molar-refractivity contribution in [1.82, 2.24) is 9.88 Å². The zero-order valence-electron chi connectivity index (χ0n) is 9.94. The Balaban J connectivity index is 2.03. The molecule has 0 saturated carbocycles. The summed E-state index contributed by atoms with van der Waals surface area (Å²) in [5.41, 5.74) is 5.23. The lowest BCUT2D eigenvalue weighted by Crippen LogP contribution is -2.30. The Hall–Kier alpha value is -2.58. The highest BCUT2D eigenvalue weighted by Crippen LogP contribution is 2.22. The van der Waals surface area contributed by atoms with Gasteiger partial charge >= 0.3 is 11.8 Å². The molecular weight excluding hydrogens is 254 g/mol. The van der Waals surface area contributed by atoms with Crippen LogP contribution in [0.2, 0.25) is 0 Å². The molecule has 0 radical (unpaired) electrons. The Labute approximate surface area is 108 Å². The zero-order chi connectivity index (χ0) is 14.0. The largest absolute Gasteiger partial charge is 0.465 e. The number of amides is 1. The summed E-state index contributed by atoms with van der Waals surface area (Å²) < 4.78 is 0. The molecule has 1 aliphatic heterocycles. The third-order valence-corrected chi connectivity index (χ3v) is 2.91. The fraction of sp³-hybridized carbons (Fsp3) is 0.400. The number of nitrogens with one attached hydrogen (secondary N) is 1. The van der Waals surface area contributed by atoms with Gasteiger partial charge in [0, 0.05) is 25.2 Å². The highest BCUT2D eigenvalue weighted by molar-refractivity contribution is 5.65. The van der Waals surface area contributed by atoms with E-state index >= 15 is 0 Å². The van der Waals surface area contributed by atoms with Gasteiger partial charge < -0.3 is 21.1 Å². The summed E-state index contributed by atoms with van der Waals surface area (Å²) in [6.07, 6.45) is -0.300. The summed E-state index contributed by atoms with van der Waals surface area (Å²) in [6, 6.07) is 2.66. The predicted octanol–water partition coefficient (Wildman–Crippen LogP) is 0.736. The van der Waals surface area contributed by atoms with E-state index in [1.54, 1.807) is 0 Å². The standard InChI is InChI=1S/C10H13N5O4/c11-9-7(15(18)19)1-2-8(13-9)12-6-3-4-14(5-6)10(16)17/h1-2,6H,3-5H2,(H,16,17)(H3,11,12,13)/t6-/m0/s1. The molecule has 9 nitrogen and oxygen atoms in total. The van der Waals surface area contributed by atoms with Crippen LogP contribution < -0.4 is 11.1 Å². The average Bonchev–Trinajstić information content (AvgIpc) is 2.77. The van der Waals surface area contributed by atoms with E-state index < -0.39 is 11.0 Å². The van der Waals surface area contributed by atoms with Crippen molar-refractivity contribution in [2.24, 2.45) is 0 Å². The lowest BCUT2D eigenvalue weighted by Gasteiger charge is -2.14. The molecule has 9 heteroatoms. The number of carbonyl (C=O) groups is 1. The summed E-state index contributed by atoms with van der Waals surface area (Å²) in [6.45, 7) is 0.809. The number of nitrogens with zero attached hydrogens (tertiary/aromatic N) is 3. The highest BCUT2D eigenvalue weighted by Gasteiger charge is 2.26. The van der Waals surface area contributed by atoms with Crippen LogP contribution in [0, 0.1) is 10.1 Å². The normalized spacial score (nSPS) is 18.3. The van der Waals surface area contributed by atoms with Crippen molar-refractivity contribution in [3.8, 4) is 0 Å². The van der Waals surface area contributed by atoms with Crippen molar-refractivity contribution in [1.29, 1.82) is 0 Å². The molecule has 1 fully saturated rings. The van der Waals surface area contributed by atoms with E-state index in [1.165, 1.54) is 17.0 Å². The quantitative estimate of drug-likeness (QED) is 0.542. The Morgan fingerprint density at radius 2 is 2.37 bits per heavy atom. The lowest BCUT2D eigenvalue weighted by molar-refractivity contribution is -0.384. The van der Waals surface area contributed by atoms with E-state index in [2.05, 4.69) is 10.3 Å². The maximum atomic E-state index is 10.8. The monoisotopic (exact) mass is 267 g/mol. The third kappa shape index (κ3) is 2.81. The van der Waals surface area contributed by atoms with Crippen LogP contribution in [-0.2, 0) is 0 Å². The summed E-state index contributed by atoms with van der Waals surface area (Å²) >= 11 is 0.